The quantitative estimate of drug-likeness (QED) is 0.791. The van der Waals surface area contributed by atoms with E-state index in [0.717, 1.165) is 5.69 Å². The number of urea groups is 1. The van der Waals surface area contributed by atoms with Crippen LogP contribution in [0.3, 0.4) is 0 Å². The minimum Gasteiger partial charge on any atom is -0.392 e. The van der Waals surface area contributed by atoms with Crippen molar-refractivity contribution in [2.24, 2.45) is 0 Å². The van der Waals surface area contributed by atoms with Gasteiger partial charge in [-0.2, -0.15) is 0 Å². The molecule has 82 valence electrons. The van der Waals surface area contributed by atoms with Crippen molar-refractivity contribution in [2.75, 3.05) is 18.9 Å². The van der Waals surface area contributed by atoms with Gasteiger partial charge in [0.15, 0.2) is 0 Å². The molecule has 0 aliphatic heterocycles. The number of carbonyl (C=O) groups excluding carboxylic acids is 1. The Morgan fingerprint density at radius 3 is 2.60 bits per heavy atom. The molecular weight excluding hydrogens is 192 g/mol. The van der Waals surface area contributed by atoms with Gasteiger partial charge in [0, 0.05) is 19.3 Å². The lowest BCUT2D eigenvalue weighted by Gasteiger charge is -2.19. The highest BCUT2D eigenvalue weighted by Crippen LogP contribution is 2.05. The van der Waals surface area contributed by atoms with Gasteiger partial charge in [-0.3, -0.25) is 0 Å². The normalized spacial score (nSPS) is 11.9. The van der Waals surface area contributed by atoms with Crippen molar-refractivity contribution >= 4 is 11.7 Å². The lowest BCUT2D eigenvalue weighted by molar-refractivity contribution is 0.149. The molecule has 1 aromatic carbocycles. The van der Waals surface area contributed by atoms with Gasteiger partial charge in [-0.25, -0.2) is 4.79 Å². The van der Waals surface area contributed by atoms with Crippen molar-refractivity contribution in [3.05, 3.63) is 30.3 Å². The van der Waals surface area contributed by atoms with Crippen LogP contribution in [0.25, 0.3) is 0 Å². The summed E-state index contributed by atoms with van der Waals surface area (Å²) >= 11 is 0. The van der Waals surface area contributed by atoms with Crippen LogP contribution in [-0.2, 0) is 0 Å². The Balaban J connectivity index is 2.49. The molecule has 0 saturated carbocycles. The van der Waals surface area contributed by atoms with Crippen LogP contribution in [0.4, 0.5) is 10.5 Å². The van der Waals surface area contributed by atoms with Crippen molar-refractivity contribution in [2.45, 2.75) is 13.0 Å². The van der Waals surface area contributed by atoms with Gasteiger partial charge in [0.05, 0.1) is 6.10 Å². The van der Waals surface area contributed by atoms with E-state index < -0.39 is 6.10 Å². The fourth-order valence-corrected chi connectivity index (χ4v) is 1.22. The van der Waals surface area contributed by atoms with Gasteiger partial charge in [0.1, 0.15) is 0 Å². The standard InChI is InChI=1S/C11H16N2O2/c1-9(14)8-13(2)11(15)12-10-6-4-3-5-7-10/h3-7,9,14H,8H2,1-2H3,(H,12,15)/t9-/m1/s1. The first-order valence-corrected chi connectivity index (χ1v) is 4.85. The molecule has 0 unspecified atom stereocenters. The van der Waals surface area contributed by atoms with Gasteiger partial charge in [-0.1, -0.05) is 18.2 Å². The summed E-state index contributed by atoms with van der Waals surface area (Å²) in [6.45, 7) is 1.96. The van der Waals surface area contributed by atoms with Gasteiger partial charge >= 0.3 is 6.03 Å². The molecule has 0 aliphatic carbocycles. The minimum absolute atomic E-state index is 0.220. The van der Waals surface area contributed by atoms with Gasteiger partial charge in [0.25, 0.3) is 0 Å². The average molecular weight is 208 g/mol. The first-order valence-electron chi connectivity index (χ1n) is 4.85. The molecule has 0 radical (unpaired) electrons. The average Bonchev–Trinajstić information content (AvgIpc) is 2.18. The number of amides is 2. The van der Waals surface area contributed by atoms with Crippen LogP contribution in [-0.4, -0.2) is 35.7 Å². The predicted molar refractivity (Wildman–Crippen MR) is 59.8 cm³/mol. The molecule has 4 heteroatoms. The maximum Gasteiger partial charge on any atom is 0.321 e. The maximum atomic E-state index is 11.6. The summed E-state index contributed by atoms with van der Waals surface area (Å²) in [7, 11) is 1.64. The summed E-state index contributed by atoms with van der Waals surface area (Å²) in [6, 6.07) is 8.99. The molecule has 0 fully saturated rings. The van der Waals surface area contributed by atoms with Crippen molar-refractivity contribution in [1.82, 2.24) is 4.90 Å². The zero-order valence-corrected chi connectivity index (χ0v) is 8.97. The van der Waals surface area contributed by atoms with E-state index in [0.29, 0.717) is 6.54 Å². The molecule has 0 spiro atoms. The van der Waals surface area contributed by atoms with Crippen LogP contribution in [0, 0.1) is 0 Å². The summed E-state index contributed by atoms with van der Waals surface area (Å²) in [5, 5.41) is 11.8. The second kappa shape index (κ2) is 5.36. The van der Waals surface area contributed by atoms with Gasteiger partial charge in [-0.15, -0.1) is 0 Å². The smallest absolute Gasteiger partial charge is 0.321 e. The molecule has 0 aromatic heterocycles. The molecule has 2 N–H and O–H groups in total. The number of aliphatic hydroxyl groups is 1. The molecule has 2 amide bonds. The molecule has 0 aliphatic rings. The molecule has 4 nitrogen and oxygen atoms in total. The summed E-state index contributed by atoms with van der Waals surface area (Å²) in [6.07, 6.45) is -0.517. The maximum absolute atomic E-state index is 11.6. The zero-order valence-electron chi connectivity index (χ0n) is 8.97. The van der Waals surface area contributed by atoms with E-state index in [1.54, 1.807) is 14.0 Å². The third-order valence-corrected chi connectivity index (χ3v) is 1.91. The van der Waals surface area contributed by atoms with Gasteiger partial charge < -0.3 is 15.3 Å². The zero-order chi connectivity index (χ0) is 11.3. The third kappa shape index (κ3) is 3.99. The number of likely N-dealkylation sites (N-methyl/N-ethyl adjacent to an activating group) is 1. The molecule has 1 rings (SSSR count). The SMILES string of the molecule is C[C@@H](O)CN(C)C(=O)Nc1ccccc1. The molecule has 0 bridgehead atoms. The van der Waals surface area contributed by atoms with E-state index >= 15 is 0 Å². The van der Waals surface area contributed by atoms with Crippen molar-refractivity contribution in [3.63, 3.8) is 0 Å². The molecule has 1 aromatic rings. The van der Waals surface area contributed by atoms with E-state index in [9.17, 15) is 4.79 Å². The lowest BCUT2D eigenvalue weighted by Crippen LogP contribution is -2.36. The monoisotopic (exact) mass is 208 g/mol. The van der Waals surface area contributed by atoms with Crippen LogP contribution in [0.15, 0.2) is 30.3 Å². The second-order valence-electron chi connectivity index (χ2n) is 3.53. The first-order chi connectivity index (χ1) is 7.09. The topological polar surface area (TPSA) is 52.6 Å². The Morgan fingerprint density at radius 1 is 1.47 bits per heavy atom. The minimum atomic E-state index is -0.517. The number of aliphatic hydroxyl groups excluding tert-OH is 1. The molecule has 1 atom stereocenters. The van der Waals surface area contributed by atoms with Crippen molar-refractivity contribution in [1.29, 1.82) is 0 Å². The van der Waals surface area contributed by atoms with Crippen molar-refractivity contribution < 1.29 is 9.90 Å². The number of rotatable bonds is 3. The Bertz CT molecular complexity index is 312. The lowest BCUT2D eigenvalue weighted by atomic mass is 10.3. The van der Waals surface area contributed by atoms with Crippen LogP contribution < -0.4 is 5.32 Å². The number of hydrogen-bond acceptors (Lipinski definition) is 2. The van der Waals surface area contributed by atoms with Crippen LogP contribution >= 0.6 is 0 Å². The highest BCUT2D eigenvalue weighted by molar-refractivity contribution is 5.89. The fraction of sp³-hybridized carbons (Fsp3) is 0.364. The molecular formula is C11H16N2O2. The number of carbonyl (C=O) groups is 1. The van der Waals surface area contributed by atoms with E-state index in [1.165, 1.54) is 4.90 Å². The number of nitrogens with one attached hydrogen (secondary N) is 1. The van der Waals surface area contributed by atoms with E-state index in [1.807, 2.05) is 30.3 Å². The summed E-state index contributed by atoms with van der Waals surface area (Å²) in [5.41, 5.74) is 0.750. The number of benzene rings is 1. The Kier molecular flexibility index (Phi) is 4.12. The summed E-state index contributed by atoms with van der Waals surface area (Å²) in [5.74, 6) is 0. The van der Waals surface area contributed by atoms with Crippen LogP contribution in [0.2, 0.25) is 0 Å². The van der Waals surface area contributed by atoms with Crippen LogP contribution in [0.5, 0.6) is 0 Å². The van der Waals surface area contributed by atoms with E-state index in [2.05, 4.69) is 5.32 Å². The Labute approximate surface area is 89.5 Å². The van der Waals surface area contributed by atoms with Crippen LogP contribution in [0.1, 0.15) is 6.92 Å². The number of anilines is 1. The predicted octanol–water partition coefficient (Wildman–Crippen LogP) is 1.53. The van der Waals surface area contributed by atoms with Gasteiger partial charge in [-0.05, 0) is 19.1 Å². The largest absolute Gasteiger partial charge is 0.392 e. The highest BCUT2D eigenvalue weighted by Gasteiger charge is 2.10. The summed E-state index contributed by atoms with van der Waals surface area (Å²) in [4.78, 5) is 13.0. The molecule has 15 heavy (non-hydrogen) atoms. The number of hydrogen-bond donors (Lipinski definition) is 2. The van der Waals surface area contributed by atoms with E-state index in [4.69, 9.17) is 5.11 Å². The first kappa shape index (κ1) is 11.5. The Morgan fingerprint density at radius 2 is 2.07 bits per heavy atom. The Hall–Kier alpha value is -1.55. The molecule has 0 saturated heterocycles. The second-order valence-corrected chi connectivity index (χ2v) is 3.53. The third-order valence-electron chi connectivity index (χ3n) is 1.91. The fourth-order valence-electron chi connectivity index (χ4n) is 1.22. The number of nitrogens with zero attached hydrogens (tertiary/aromatic N) is 1. The molecule has 0 heterocycles. The van der Waals surface area contributed by atoms with Gasteiger partial charge in [0.2, 0.25) is 0 Å². The van der Waals surface area contributed by atoms with E-state index in [-0.39, 0.29) is 6.03 Å². The summed E-state index contributed by atoms with van der Waals surface area (Å²) < 4.78 is 0. The van der Waals surface area contributed by atoms with Crippen molar-refractivity contribution in [3.8, 4) is 0 Å². The highest BCUT2D eigenvalue weighted by atomic mass is 16.3. The number of para-hydroxylation sites is 1.